The van der Waals surface area contributed by atoms with Gasteiger partial charge >= 0.3 is 0 Å². The molecule has 2 aliphatic rings. The molecule has 1 aromatic heterocycles. The molecule has 28 heavy (non-hydrogen) atoms. The summed E-state index contributed by atoms with van der Waals surface area (Å²) in [6.07, 6.45) is 8.23. The molecule has 9 heteroatoms. The third kappa shape index (κ3) is 4.11. The predicted octanol–water partition coefficient (Wildman–Crippen LogP) is 3.59. The molecule has 1 aliphatic carbocycles. The Balaban J connectivity index is 1.54. The van der Waals surface area contributed by atoms with E-state index in [1.807, 2.05) is 17.8 Å². The number of nitrogens with zero attached hydrogens (tertiary/aromatic N) is 4. The first-order valence-corrected chi connectivity index (χ1v) is 12.0. The Morgan fingerprint density at radius 2 is 2.04 bits per heavy atom. The van der Waals surface area contributed by atoms with Crippen LogP contribution in [0.4, 0.5) is 0 Å². The van der Waals surface area contributed by atoms with Crippen LogP contribution in [-0.4, -0.2) is 40.4 Å². The van der Waals surface area contributed by atoms with Crippen LogP contribution < -0.4 is 4.74 Å². The maximum Gasteiger partial charge on any atom is 0.247 e. The predicted molar refractivity (Wildman–Crippen MR) is 108 cm³/mol. The maximum absolute atomic E-state index is 13.2. The van der Waals surface area contributed by atoms with E-state index in [1.54, 1.807) is 18.2 Å². The van der Waals surface area contributed by atoms with Gasteiger partial charge < -0.3 is 4.74 Å². The van der Waals surface area contributed by atoms with Crippen LogP contribution in [0.3, 0.4) is 0 Å². The fourth-order valence-corrected chi connectivity index (χ4v) is 6.04. The summed E-state index contributed by atoms with van der Waals surface area (Å²) in [6.45, 7) is 3.19. The van der Waals surface area contributed by atoms with Crippen LogP contribution in [0.15, 0.2) is 33.8 Å². The molecule has 0 unspecified atom stereocenters. The fraction of sp³-hybridized carbons (Fsp3) is 0.579. The highest BCUT2D eigenvalue weighted by Gasteiger charge is 2.35. The van der Waals surface area contributed by atoms with E-state index in [0.29, 0.717) is 24.0 Å². The summed E-state index contributed by atoms with van der Waals surface area (Å²) in [5.41, 5.74) is 0.659. The third-order valence-corrected chi connectivity index (χ3v) is 8.03. The van der Waals surface area contributed by atoms with Crippen LogP contribution in [0, 0.1) is 5.92 Å². The van der Waals surface area contributed by atoms with Crippen LogP contribution >= 0.6 is 15.9 Å². The van der Waals surface area contributed by atoms with E-state index in [-0.39, 0.29) is 17.5 Å². The van der Waals surface area contributed by atoms with Crippen molar-refractivity contribution in [2.24, 2.45) is 5.92 Å². The maximum atomic E-state index is 13.2. The normalized spacial score (nSPS) is 23.0. The number of benzene rings is 1. The SMILES string of the molecule is C[C@@H]1COc2cc(Br)ccc2S(=O)(=O)N1Cc1cn(CC2CCCCC2)nn1. The van der Waals surface area contributed by atoms with Crippen molar-refractivity contribution in [3.8, 4) is 5.75 Å². The van der Waals surface area contributed by atoms with Gasteiger partial charge in [-0.25, -0.2) is 8.42 Å². The molecule has 1 atom stereocenters. The van der Waals surface area contributed by atoms with E-state index in [9.17, 15) is 8.42 Å². The zero-order valence-electron chi connectivity index (χ0n) is 15.9. The summed E-state index contributed by atoms with van der Waals surface area (Å²) in [6, 6.07) is 4.69. The number of hydrogen-bond donors (Lipinski definition) is 0. The highest BCUT2D eigenvalue weighted by Crippen LogP contribution is 2.34. The van der Waals surface area contributed by atoms with Gasteiger partial charge in [0.05, 0.1) is 18.3 Å². The fourth-order valence-electron chi connectivity index (χ4n) is 4.00. The lowest BCUT2D eigenvalue weighted by Gasteiger charge is -2.24. The van der Waals surface area contributed by atoms with Gasteiger partial charge in [-0.2, -0.15) is 4.31 Å². The van der Waals surface area contributed by atoms with Gasteiger partial charge in [0.15, 0.2) is 0 Å². The van der Waals surface area contributed by atoms with Crippen LogP contribution in [-0.2, 0) is 23.1 Å². The number of halogens is 1. The highest BCUT2D eigenvalue weighted by atomic mass is 79.9. The van der Waals surface area contributed by atoms with E-state index >= 15 is 0 Å². The van der Waals surface area contributed by atoms with Crippen molar-refractivity contribution in [2.45, 2.75) is 63.1 Å². The molecule has 7 nitrogen and oxygen atoms in total. The Hall–Kier alpha value is -1.45. The number of ether oxygens (including phenoxy) is 1. The Labute approximate surface area is 174 Å². The minimum atomic E-state index is -3.69. The van der Waals surface area contributed by atoms with Crippen molar-refractivity contribution in [2.75, 3.05) is 6.61 Å². The molecule has 0 saturated heterocycles. The first kappa shape index (κ1) is 19.8. The molecule has 0 bridgehead atoms. The summed E-state index contributed by atoms with van der Waals surface area (Å²) in [5, 5.41) is 8.47. The molecule has 0 amide bonds. The Morgan fingerprint density at radius 3 is 2.82 bits per heavy atom. The molecular weight excluding hydrogens is 444 g/mol. The number of aromatic nitrogens is 3. The summed E-state index contributed by atoms with van der Waals surface area (Å²) in [7, 11) is -3.69. The zero-order chi connectivity index (χ0) is 19.7. The van der Waals surface area contributed by atoms with E-state index in [0.717, 1.165) is 11.0 Å². The molecule has 2 heterocycles. The minimum absolute atomic E-state index is 0.188. The molecule has 1 aliphatic heterocycles. The Kier molecular flexibility index (Phi) is 5.76. The number of hydrogen-bond acceptors (Lipinski definition) is 5. The van der Waals surface area contributed by atoms with Crippen molar-refractivity contribution in [1.82, 2.24) is 19.3 Å². The lowest BCUT2D eigenvalue weighted by atomic mass is 9.89. The topological polar surface area (TPSA) is 77.3 Å². The molecule has 1 aromatic carbocycles. The van der Waals surface area contributed by atoms with Gasteiger partial charge in [0.1, 0.15) is 17.3 Å². The lowest BCUT2D eigenvalue weighted by Crippen LogP contribution is -2.39. The lowest BCUT2D eigenvalue weighted by molar-refractivity contribution is 0.219. The third-order valence-electron chi connectivity index (χ3n) is 5.54. The zero-order valence-corrected chi connectivity index (χ0v) is 18.3. The van der Waals surface area contributed by atoms with Crippen molar-refractivity contribution < 1.29 is 13.2 Å². The van der Waals surface area contributed by atoms with Gasteiger partial charge in [0, 0.05) is 17.2 Å². The van der Waals surface area contributed by atoms with E-state index in [1.165, 1.54) is 36.4 Å². The number of rotatable bonds is 4. The molecule has 4 rings (SSSR count). The molecule has 0 radical (unpaired) electrons. The number of fused-ring (bicyclic) bond motifs is 1. The summed E-state index contributed by atoms with van der Waals surface area (Å²) < 4.78 is 36.4. The van der Waals surface area contributed by atoms with Crippen LogP contribution in [0.1, 0.15) is 44.7 Å². The molecular formula is C19H25BrN4O3S. The second kappa shape index (κ2) is 8.12. The van der Waals surface area contributed by atoms with E-state index in [2.05, 4.69) is 26.2 Å². The van der Waals surface area contributed by atoms with Gasteiger partial charge in [-0.3, -0.25) is 4.68 Å². The first-order valence-electron chi connectivity index (χ1n) is 9.76. The van der Waals surface area contributed by atoms with Gasteiger partial charge in [-0.05, 0) is 43.9 Å². The Bertz CT molecular complexity index is 940. The van der Waals surface area contributed by atoms with Gasteiger partial charge in [0.25, 0.3) is 0 Å². The van der Waals surface area contributed by atoms with Crippen molar-refractivity contribution in [3.63, 3.8) is 0 Å². The quantitative estimate of drug-likeness (QED) is 0.684. The van der Waals surface area contributed by atoms with Gasteiger partial charge in [0.2, 0.25) is 10.0 Å². The highest BCUT2D eigenvalue weighted by molar-refractivity contribution is 9.10. The standard InChI is InChI=1S/C19H25BrN4O3S/c1-14-13-27-18-9-16(20)7-8-19(18)28(25,26)24(14)12-17-11-23(22-21-17)10-15-5-3-2-4-6-15/h7-9,11,14-15H,2-6,10,12-13H2,1H3/t14-/m1/s1. The van der Waals surface area contributed by atoms with Crippen molar-refractivity contribution in [3.05, 3.63) is 34.6 Å². The van der Waals surface area contributed by atoms with Crippen LogP contribution in [0.5, 0.6) is 5.75 Å². The molecule has 1 saturated carbocycles. The van der Waals surface area contributed by atoms with Crippen LogP contribution in [0.25, 0.3) is 0 Å². The molecule has 1 fully saturated rings. The Morgan fingerprint density at radius 1 is 1.25 bits per heavy atom. The van der Waals surface area contributed by atoms with E-state index in [4.69, 9.17) is 4.74 Å². The summed E-state index contributed by atoms with van der Waals surface area (Å²) >= 11 is 3.37. The average Bonchev–Trinajstić information content (AvgIpc) is 3.08. The van der Waals surface area contributed by atoms with Crippen molar-refractivity contribution in [1.29, 1.82) is 0 Å². The van der Waals surface area contributed by atoms with Crippen molar-refractivity contribution >= 4 is 26.0 Å². The second-order valence-electron chi connectivity index (χ2n) is 7.74. The second-order valence-corrected chi connectivity index (χ2v) is 10.5. The molecule has 0 N–H and O–H groups in total. The monoisotopic (exact) mass is 468 g/mol. The molecule has 0 spiro atoms. The summed E-state index contributed by atoms with van der Waals surface area (Å²) in [5.74, 6) is 1.02. The summed E-state index contributed by atoms with van der Waals surface area (Å²) in [4.78, 5) is 0.189. The molecule has 152 valence electrons. The first-order chi connectivity index (χ1) is 13.4. The van der Waals surface area contributed by atoms with Gasteiger partial charge in [-0.15, -0.1) is 5.10 Å². The van der Waals surface area contributed by atoms with Gasteiger partial charge in [-0.1, -0.05) is 40.4 Å². The number of sulfonamides is 1. The average molecular weight is 469 g/mol. The van der Waals surface area contributed by atoms with Crippen LogP contribution in [0.2, 0.25) is 0 Å². The largest absolute Gasteiger partial charge is 0.490 e. The smallest absolute Gasteiger partial charge is 0.247 e. The minimum Gasteiger partial charge on any atom is -0.490 e. The molecule has 2 aromatic rings. The van der Waals surface area contributed by atoms with E-state index < -0.39 is 10.0 Å².